The first-order valence-electron chi connectivity index (χ1n) is 9.44. The fourth-order valence-electron chi connectivity index (χ4n) is 3.03. The third kappa shape index (κ3) is 4.85. The molecule has 0 saturated carbocycles. The van der Waals surface area contributed by atoms with Gasteiger partial charge in [0.05, 0.1) is 13.2 Å². The number of ether oxygens (including phenoxy) is 1. The first-order valence-corrected chi connectivity index (χ1v) is 9.44. The number of carbonyl (C=O) groups excluding carboxylic acids is 1. The van der Waals surface area contributed by atoms with Crippen molar-refractivity contribution in [2.45, 2.75) is 6.92 Å². The van der Waals surface area contributed by atoms with Crippen LogP contribution in [0.1, 0.15) is 16.1 Å². The number of nitrogens with one attached hydrogen (secondary N) is 2. The van der Waals surface area contributed by atoms with Gasteiger partial charge in [-0.2, -0.15) is 4.98 Å². The number of rotatable bonds is 5. The van der Waals surface area contributed by atoms with Crippen molar-refractivity contribution in [1.82, 2.24) is 15.0 Å². The van der Waals surface area contributed by atoms with Crippen LogP contribution in [0, 0.1) is 6.92 Å². The van der Waals surface area contributed by atoms with Crippen LogP contribution in [0.4, 0.5) is 23.1 Å². The smallest absolute Gasteiger partial charge is 0.255 e. The molecule has 0 aliphatic carbocycles. The molecule has 1 aromatic carbocycles. The van der Waals surface area contributed by atoms with Gasteiger partial charge in [-0.05, 0) is 43.3 Å². The molecule has 2 N–H and O–H groups in total. The summed E-state index contributed by atoms with van der Waals surface area (Å²) in [5, 5.41) is 6.10. The topological polar surface area (TPSA) is 92.3 Å². The summed E-state index contributed by atoms with van der Waals surface area (Å²) in [6.07, 6.45) is 3.18. The molecule has 1 aliphatic rings. The number of morpholine rings is 1. The largest absolute Gasteiger partial charge is 0.378 e. The minimum atomic E-state index is -0.176. The van der Waals surface area contributed by atoms with Crippen molar-refractivity contribution in [3.63, 3.8) is 0 Å². The van der Waals surface area contributed by atoms with Crippen molar-refractivity contribution < 1.29 is 9.53 Å². The van der Waals surface area contributed by atoms with Gasteiger partial charge in [0.15, 0.2) is 0 Å². The quantitative estimate of drug-likeness (QED) is 0.692. The molecule has 0 radical (unpaired) electrons. The highest BCUT2D eigenvalue weighted by atomic mass is 16.5. The molecule has 3 heterocycles. The highest BCUT2D eigenvalue weighted by molar-refractivity contribution is 6.04. The molecule has 4 rings (SSSR count). The average molecular weight is 390 g/mol. The third-order valence-corrected chi connectivity index (χ3v) is 4.52. The summed E-state index contributed by atoms with van der Waals surface area (Å²) in [4.78, 5) is 27.5. The summed E-state index contributed by atoms with van der Waals surface area (Å²) in [6.45, 7) is 5.01. The molecule has 148 valence electrons. The lowest BCUT2D eigenvalue weighted by Gasteiger charge is -2.28. The van der Waals surface area contributed by atoms with E-state index in [1.807, 2.05) is 37.3 Å². The first-order chi connectivity index (χ1) is 14.2. The van der Waals surface area contributed by atoms with Crippen LogP contribution in [-0.4, -0.2) is 47.2 Å². The molecular formula is C21H22N6O2. The van der Waals surface area contributed by atoms with Crippen molar-refractivity contribution in [3.05, 3.63) is 66.1 Å². The maximum atomic E-state index is 12.2. The Morgan fingerprint density at radius 3 is 2.41 bits per heavy atom. The molecule has 1 amide bonds. The minimum absolute atomic E-state index is 0.176. The van der Waals surface area contributed by atoms with Crippen LogP contribution in [0.5, 0.6) is 0 Å². The van der Waals surface area contributed by atoms with Crippen LogP contribution >= 0.6 is 0 Å². The van der Waals surface area contributed by atoms with Crippen LogP contribution in [0.2, 0.25) is 0 Å². The lowest BCUT2D eigenvalue weighted by molar-refractivity contribution is 0.102. The molecule has 1 saturated heterocycles. The second kappa shape index (κ2) is 8.66. The van der Waals surface area contributed by atoms with E-state index >= 15 is 0 Å². The Hall–Kier alpha value is -3.52. The standard InChI is InChI=1S/C21H22N6O2/c1-15-14-19(27-10-12-29-13-11-27)26-21(23-15)25-18-4-2-17(3-5-18)24-20(28)16-6-8-22-9-7-16/h2-9,14H,10-13H2,1H3,(H,24,28)(H,23,25,26). The van der Waals surface area contributed by atoms with Crippen LogP contribution < -0.4 is 15.5 Å². The van der Waals surface area contributed by atoms with Crippen molar-refractivity contribution >= 4 is 29.0 Å². The molecule has 3 aromatic rings. The van der Waals surface area contributed by atoms with Gasteiger partial charge in [-0.1, -0.05) is 0 Å². The molecular weight excluding hydrogens is 368 g/mol. The van der Waals surface area contributed by atoms with E-state index in [9.17, 15) is 4.79 Å². The summed E-state index contributed by atoms with van der Waals surface area (Å²) in [5.74, 6) is 1.26. The zero-order valence-corrected chi connectivity index (χ0v) is 16.1. The van der Waals surface area contributed by atoms with Gasteiger partial charge in [0.2, 0.25) is 5.95 Å². The molecule has 1 aliphatic heterocycles. The molecule has 0 unspecified atom stereocenters. The van der Waals surface area contributed by atoms with Gasteiger partial charge < -0.3 is 20.3 Å². The number of amides is 1. The zero-order valence-electron chi connectivity index (χ0n) is 16.1. The third-order valence-electron chi connectivity index (χ3n) is 4.52. The highest BCUT2D eigenvalue weighted by Gasteiger charge is 2.14. The first kappa shape index (κ1) is 18.8. The summed E-state index contributed by atoms with van der Waals surface area (Å²) in [7, 11) is 0. The Kier molecular flexibility index (Phi) is 5.62. The van der Waals surface area contributed by atoms with E-state index in [0.29, 0.717) is 30.4 Å². The average Bonchev–Trinajstić information content (AvgIpc) is 2.76. The predicted octanol–water partition coefficient (Wildman–Crippen LogP) is 3.01. The van der Waals surface area contributed by atoms with E-state index in [1.165, 1.54) is 0 Å². The molecule has 0 atom stereocenters. The number of benzene rings is 1. The Balaban J connectivity index is 1.43. The molecule has 8 heteroatoms. The van der Waals surface area contributed by atoms with E-state index in [4.69, 9.17) is 4.74 Å². The number of aromatic nitrogens is 3. The van der Waals surface area contributed by atoms with Gasteiger partial charge in [-0.3, -0.25) is 9.78 Å². The van der Waals surface area contributed by atoms with Gasteiger partial charge in [0.1, 0.15) is 5.82 Å². The van der Waals surface area contributed by atoms with Gasteiger partial charge in [-0.15, -0.1) is 0 Å². The summed E-state index contributed by atoms with van der Waals surface area (Å²) in [6, 6.07) is 12.7. The maximum absolute atomic E-state index is 12.2. The van der Waals surface area contributed by atoms with Crippen LogP contribution in [0.25, 0.3) is 0 Å². The van der Waals surface area contributed by atoms with E-state index < -0.39 is 0 Å². The van der Waals surface area contributed by atoms with Gasteiger partial charge in [0, 0.05) is 54.2 Å². The molecule has 29 heavy (non-hydrogen) atoms. The number of nitrogens with zero attached hydrogens (tertiary/aromatic N) is 4. The Morgan fingerprint density at radius 2 is 1.69 bits per heavy atom. The number of pyridine rings is 1. The summed E-state index contributed by atoms with van der Waals surface area (Å²) in [5.41, 5.74) is 3.00. The Bertz CT molecular complexity index is 972. The van der Waals surface area contributed by atoms with E-state index in [2.05, 4.69) is 30.5 Å². The molecule has 8 nitrogen and oxygen atoms in total. The lowest BCUT2D eigenvalue weighted by atomic mass is 10.2. The predicted molar refractivity (Wildman–Crippen MR) is 112 cm³/mol. The number of anilines is 4. The summed E-state index contributed by atoms with van der Waals surface area (Å²) >= 11 is 0. The molecule has 1 fully saturated rings. The minimum Gasteiger partial charge on any atom is -0.378 e. The van der Waals surface area contributed by atoms with E-state index in [1.54, 1.807) is 24.5 Å². The fourth-order valence-corrected chi connectivity index (χ4v) is 3.03. The van der Waals surface area contributed by atoms with Crippen LogP contribution in [0.3, 0.4) is 0 Å². The molecule has 0 bridgehead atoms. The number of aryl methyl sites for hydroxylation is 1. The molecule has 0 spiro atoms. The van der Waals surface area contributed by atoms with Crippen molar-refractivity contribution in [1.29, 1.82) is 0 Å². The van der Waals surface area contributed by atoms with Crippen LogP contribution in [0.15, 0.2) is 54.9 Å². The maximum Gasteiger partial charge on any atom is 0.255 e. The van der Waals surface area contributed by atoms with Crippen molar-refractivity contribution in [3.8, 4) is 0 Å². The highest BCUT2D eigenvalue weighted by Crippen LogP contribution is 2.21. The SMILES string of the molecule is Cc1cc(N2CCOCC2)nc(Nc2ccc(NC(=O)c3ccncc3)cc2)n1. The second-order valence-corrected chi connectivity index (χ2v) is 6.68. The number of hydrogen-bond acceptors (Lipinski definition) is 7. The van der Waals surface area contributed by atoms with Gasteiger partial charge in [-0.25, -0.2) is 4.98 Å². The van der Waals surface area contributed by atoms with Crippen molar-refractivity contribution in [2.24, 2.45) is 0 Å². The lowest BCUT2D eigenvalue weighted by Crippen LogP contribution is -2.36. The van der Waals surface area contributed by atoms with E-state index in [-0.39, 0.29) is 5.91 Å². The Morgan fingerprint density at radius 1 is 1.00 bits per heavy atom. The fraction of sp³-hybridized carbons (Fsp3) is 0.238. The molecule has 2 aromatic heterocycles. The zero-order chi connectivity index (χ0) is 20.1. The summed E-state index contributed by atoms with van der Waals surface area (Å²) < 4.78 is 5.41. The van der Waals surface area contributed by atoms with E-state index in [0.717, 1.165) is 30.3 Å². The number of carbonyl (C=O) groups is 1. The van der Waals surface area contributed by atoms with Gasteiger partial charge in [0.25, 0.3) is 5.91 Å². The van der Waals surface area contributed by atoms with Crippen molar-refractivity contribution in [2.75, 3.05) is 41.8 Å². The normalized spacial score (nSPS) is 13.8. The Labute approximate surface area is 169 Å². The second-order valence-electron chi connectivity index (χ2n) is 6.68. The van der Waals surface area contributed by atoms with Crippen LogP contribution in [-0.2, 0) is 4.74 Å². The monoisotopic (exact) mass is 390 g/mol. The number of hydrogen-bond donors (Lipinski definition) is 2. The van der Waals surface area contributed by atoms with Gasteiger partial charge >= 0.3 is 0 Å².